The Morgan fingerprint density at radius 3 is 2.32 bits per heavy atom. The van der Waals surface area contributed by atoms with Crippen LogP contribution in [0.4, 0.5) is 8.78 Å². The van der Waals surface area contributed by atoms with Crippen LogP contribution in [0.3, 0.4) is 0 Å². The lowest BCUT2D eigenvalue weighted by Gasteiger charge is -2.33. The molecule has 138 valence electrons. The fraction of sp³-hybridized carbons (Fsp3) is 0.529. The van der Waals surface area contributed by atoms with Crippen molar-refractivity contribution in [3.63, 3.8) is 0 Å². The van der Waals surface area contributed by atoms with Gasteiger partial charge in [0.25, 0.3) is 5.91 Å². The fourth-order valence-corrected chi connectivity index (χ4v) is 2.94. The first kappa shape index (κ1) is 19.1. The third-order valence-corrected chi connectivity index (χ3v) is 4.42. The maximum Gasteiger partial charge on any atom is 0.387 e. The second-order valence-electron chi connectivity index (χ2n) is 6.20. The molecule has 1 heterocycles. The van der Waals surface area contributed by atoms with E-state index in [2.05, 4.69) is 10.1 Å². The minimum absolute atomic E-state index is 0.0160. The highest BCUT2D eigenvalue weighted by molar-refractivity contribution is 5.95. The number of benzene rings is 1. The zero-order valence-corrected chi connectivity index (χ0v) is 14.1. The molecular formula is C17H21F2NO5. The molecule has 1 saturated heterocycles. The molecule has 0 spiro atoms. The Morgan fingerprint density at radius 1 is 1.28 bits per heavy atom. The topological polar surface area (TPSA) is 84.9 Å². The molecule has 1 aromatic carbocycles. The molecule has 0 unspecified atom stereocenters. The van der Waals surface area contributed by atoms with Crippen LogP contribution in [0.15, 0.2) is 12.1 Å². The molecule has 1 aliphatic rings. The Bertz CT molecular complexity index is 633. The zero-order valence-electron chi connectivity index (χ0n) is 14.1. The monoisotopic (exact) mass is 357 g/mol. The lowest BCUT2D eigenvalue weighted by Crippen LogP contribution is -2.46. The fourth-order valence-electron chi connectivity index (χ4n) is 2.94. The predicted octanol–water partition coefficient (Wildman–Crippen LogP) is 2.52. The van der Waals surface area contributed by atoms with Crippen molar-refractivity contribution in [2.45, 2.75) is 33.3 Å². The molecule has 0 atom stereocenters. The molecule has 0 saturated carbocycles. The van der Waals surface area contributed by atoms with E-state index >= 15 is 0 Å². The van der Waals surface area contributed by atoms with Crippen molar-refractivity contribution < 1.29 is 33.0 Å². The van der Waals surface area contributed by atoms with Gasteiger partial charge in [0.15, 0.2) is 0 Å². The van der Waals surface area contributed by atoms with E-state index in [9.17, 15) is 23.5 Å². The molecule has 8 heteroatoms. The quantitative estimate of drug-likeness (QED) is 0.817. The SMILES string of the molecule is Cc1cc(C(=O)NCC2(C(=O)O)CCOCC2)cc(C)c1OC(F)F. The second kappa shape index (κ2) is 7.77. The standard InChI is InChI=1S/C17H21F2NO5/c1-10-7-12(8-11(2)13(10)25-16(18)19)14(21)20-9-17(15(22)23)3-5-24-6-4-17/h7-8,16H,3-6,9H2,1-2H3,(H,20,21)(H,22,23). The molecule has 1 aliphatic heterocycles. The molecule has 1 fully saturated rings. The van der Waals surface area contributed by atoms with E-state index in [4.69, 9.17) is 4.74 Å². The van der Waals surface area contributed by atoms with Crippen molar-refractivity contribution in [3.8, 4) is 5.75 Å². The third-order valence-electron chi connectivity index (χ3n) is 4.42. The van der Waals surface area contributed by atoms with Gasteiger partial charge in [-0.1, -0.05) is 0 Å². The van der Waals surface area contributed by atoms with E-state index in [-0.39, 0.29) is 17.9 Å². The number of carboxylic acid groups (broad SMARTS) is 1. The van der Waals surface area contributed by atoms with Gasteiger partial charge in [-0.2, -0.15) is 8.78 Å². The molecule has 25 heavy (non-hydrogen) atoms. The number of alkyl halides is 2. The van der Waals surface area contributed by atoms with E-state index < -0.39 is 23.9 Å². The number of rotatable bonds is 6. The number of hydrogen-bond acceptors (Lipinski definition) is 4. The number of amides is 1. The first-order valence-corrected chi connectivity index (χ1v) is 7.90. The average molecular weight is 357 g/mol. The highest BCUT2D eigenvalue weighted by atomic mass is 19.3. The van der Waals surface area contributed by atoms with Gasteiger partial charge in [-0.15, -0.1) is 0 Å². The Hall–Kier alpha value is -2.22. The van der Waals surface area contributed by atoms with Crippen LogP contribution in [-0.4, -0.2) is 43.4 Å². The van der Waals surface area contributed by atoms with Crippen LogP contribution in [-0.2, 0) is 9.53 Å². The minimum atomic E-state index is -2.94. The Kier molecular flexibility index (Phi) is 5.94. The molecule has 2 N–H and O–H groups in total. The zero-order chi connectivity index (χ0) is 18.6. The van der Waals surface area contributed by atoms with Crippen LogP contribution < -0.4 is 10.1 Å². The first-order chi connectivity index (χ1) is 11.7. The van der Waals surface area contributed by atoms with Crippen LogP contribution in [0.1, 0.15) is 34.3 Å². The van der Waals surface area contributed by atoms with Gasteiger partial charge in [0.1, 0.15) is 5.75 Å². The summed E-state index contributed by atoms with van der Waals surface area (Å²) in [5, 5.41) is 12.1. The summed E-state index contributed by atoms with van der Waals surface area (Å²) < 4.78 is 34.5. The predicted molar refractivity (Wildman–Crippen MR) is 85.0 cm³/mol. The summed E-state index contributed by atoms with van der Waals surface area (Å²) in [4.78, 5) is 24.0. The van der Waals surface area contributed by atoms with Gasteiger partial charge in [0, 0.05) is 25.3 Å². The molecule has 1 aromatic rings. The summed E-state index contributed by atoms with van der Waals surface area (Å²) in [5.74, 6) is -1.39. The number of aliphatic carboxylic acids is 1. The minimum Gasteiger partial charge on any atom is -0.481 e. The third kappa shape index (κ3) is 4.45. The highest BCUT2D eigenvalue weighted by Crippen LogP contribution is 2.30. The molecular weight excluding hydrogens is 336 g/mol. The van der Waals surface area contributed by atoms with E-state index in [0.717, 1.165) is 0 Å². The van der Waals surface area contributed by atoms with E-state index in [1.54, 1.807) is 13.8 Å². The van der Waals surface area contributed by atoms with Gasteiger partial charge in [0.05, 0.1) is 5.41 Å². The largest absolute Gasteiger partial charge is 0.481 e. The smallest absolute Gasteiger partial charge is 0.387 e. The van der Waals surface area contributed by atoms with Crippen LogP contribution in [0.2, 0.25) is 0 Å². The van der Waals surface area contributed by atoms with Gasteiger partial charge in [-0.05, 0) is 49.9 Å². The van der Waals surface area contributed by atoms with Crippen molar-refractivity contribution in [1.82, 2.24) is 5.32 Å². The van der Waals surface area contributed by atoms with Crippen LogP contribution in [0, 0.1) is 19.3 Å². The molecule has 2 rings (SSSR count). The molecule has 0 aliphatic carbocycles. The lowest BCUT2D eigenvalue weighted by atomic mass is 9.80. The summed E-state index contributed by atoms with van der Waals surface area (Å²) in [6, 6.07) is 2.88. The number of hydrogen-bond donors (Lipinski definition) is 2. The number of aryl methyl sites for hydroxylation is 2. The summed E-state index contributed by atoms with van der Waals surface area (Å²) >= 11 is 0. The van der Waals surface area contributed by atoms with E-state index in [0.29, 0.717) is 37.2 Å². The van der Waals surface area contributed by atoms with Gasteiger partial charge < -0.3 is 19.9 Å². The van der Waals surface area contributed by atoms with Crippen molar-refractivity contribution in [2.24, 2.45) is 5.41 Å². The average Bonchev–Trinajstić information content (AvgIpc) is 2.56. The molecule has 0 bridgehead atoms. The van der Waals surface area contributed by atoms with Crippen LogP contribution in [0.25, 0.3) is 0 Å². The molecule has 0 aromatic heterocycles. The summed E-state index contributed by atoms with van der Waals surface area (Å²) in [5.41, 5.74) is 0.0367. The van der Waals surface area contributed by atoms with E-state index in [1.165, 1.54) is 12.1 Å². The summed E-state index contributed by atoms with van der Waals surface area (Å²) in [6.07, 6.45) is 0.643. The Morgan fingerprint density at radius 2 is 1.84 bits per heavy atom. The van der Waals surface area contributed by atoms with Crippen molar-refractivity contribution in [3.05, 3.63) is 28.8 Å². The van der Waals surface area contributed by atoms with Crippen molar-refractivity contribution in [1.29, 1.82) is 0 Å². The Labute approximate surface area is 144 Å². The summed E-state index contributed by atoms with van der Waals surface area (Å²) in [7, 11) is 0. The number of ether oxygens (including phenoxy) is 2. The van der Waals surface area contributed by atoms with Gasteiger partial charge in [-0.3, -0.25) is 9.59 Å². The Balaban J connectivity index is 2.11. The van der Waals surface area contributed by atoms with Crippen LogP contribution >= 0.6 is 0 Å². The summed E-state index contributed by atoms with van der Waals surface area (Å²) in [6.45, 7) is 0.844. The van der Waals surface area contributed by atoms with Gasteiger partial charge in [-0.25, -0.2) is 0 Å². The van der Waals surface area contributed by atoms with Gasteiger partial charge in [0.2, 0.25) is 0 Å². The van der Waals surface area contributed by atoms with Gasteiger partial charge >= 0.3 is 12.6 Å². The number of carbonyl (C=O) groups excluding carboxylic acids is 1. The normalized spacial score (nSPS) is 16.5. The maximum absolute atomic E-state index is 12.4. The number of nitrogens with one attached hydrogen (secondary N) is 1. The highest BCUT2D eigenvalue weighted by Gasteiger charge is 2.40. The lowest BCUT2D eigenvalue weighted by molar-refractivity contribution is -0.154. The maximum atomic E-state index is 12.4. The second-order valence-corrected chi connectivity index (χ2v) is 6.20. The molecule has 0 radical (unpaired) electrons. The number of carbonyl (C=O) groups is 2. The number of halogens is 2. The van der Waals surface area contributed by atoms with Crippen molar-refractivity contribution in [2.75, 3.05) is 19.8 Å². The molecule has 1 amide bonds. The van der Waals surface area contributed by atoms with E-state index in [1.807, 2.05) is 0 Å². The first-order valence-electron chi connectivity index (χ1n) is 7.90. The number of carboxylic acids is 1. The van der Waals surface area contributed by atoms with Crippen LogP contribution in [0.5, 0.6) is 5.75 Å². The van der Waals surface area contributed by atoms with Crippen molar-refractivity contribution >= 4 is 11.9 Å². The molecule has 6 nitrogen and oxygen atoms in total.